The number of benzene rings is 4. The number of methoxy groups -OCH3 is 1. The van der Waals surface area contributed by atoms with Crippen LogP contribution in [0.5, 0.6) is 0 Å². The van der Waals surface area contributed by atoms with Crippen LogP contribution in [0.3, 0.4) is 0 Å². The zero-order valence-corrected chi connectivity index (χ0v) is 38.0. The van der Waals surface area contributed by atoms with Gasteiger partial charge in [-0.15, -0.1) is 0 Å². The number of hydrogen-bond acceptors (Lipinski definition) is 11. The van der Waals surface area contributed by atoms with Crippen molar-refractivity contribution in [3.05, 3.63) is 174 Å². The van der Waals surface area contributed by atoms with Gasteiger partial charge < -0.3 is 14.2 Å². The molecular weight excluding hydrogens is 1020 g/mol. The molecule has 2 aromatic heterocycles. The summed E-state index contributed by atoms with van der Waals surface area (Å²) in [7, 11) is -7.98. The lowest BCUT2D eigenvalue weighted by Gasteiger charge is -2.27. The van der Waals surface area contributed by atoms with E-state index in [1.165, 1.54) is 31.6 Å². The fourth-order valence-electron chi connectivity index (χ4n) is 6.77. The quantitative estimate of drug-likeness (QED) is 0.0786. The van der Waals surface area contributed by atoms with Gasteiger partial charge in [-0.3, -0.25) is 14.7 Å². The highest BCUT2D eigenvalue weighted by atomic mass is 35.5. The number of aromatic nitrogens is 2. The van der Waals surface area contributed by atoms with Crippen LogP contribution in [-0.2, 0) is 46.6 Å². The van der Waals surface area contributed by atoms with Gasteiger partial charge in [0.1, 0.15) is 18.1 Å². The van der Waals surface area contributed by atoms with Crippen molar-refractivity contribution >= 4 is 89.8 Å². The zero-order chi connectivity index (χ0) is 48.8. The van der Waals surface area contributed by atoms with Crippen LogP contribution in [0.15, 0.2) is 119 Å². The predicted octanol–water partition coefficient (Wildman–Crippen LogP) is 10.9. The number of sulfonamides is 2. The van der Waals surface area contributed by atoms with Crippen molar-refractivity contribution in [2.45, 2.75) is 34.4 Å². The van der Waals surface area contributed by atoms with Crippen LogP contribution in [0.4, 0.5) is 37.7 Å². The minimum absolute atomic E-state index is 0.00154. The number of halogens is 10. The van der Waals surface area contributed by atoms with E-state index in [1.807, 2.05) is 0 Å². The normalized spacial score (nSPS) is 15.7. The molecule has 67 heavy (non-hydrogen) atoms. The largest absolute Gasteiger partial charge is 0.447 e. The summed E-state index contributed by atoms with van der Waals surface area (Å²) in [6.07, 6.45) is -9.41. The van der Waals surface area contributed by atoms with E-state index >= 15 is 0 Å². The second-order valence-electron chi connectivity index (χ2n) is 14.0. The number of alkyl halides is 6. The number of rotatable bonds is 10. The van der Waals surface area contributed by atoms with E-state index in [0.29, 0.717) is 27.6 Å². The maximum Gasteiger partial charge on any atom is 0.417 e. The fraction of sp³-hybridized carbons (Fsp3) is 0.143. The summed E-state index contributed by atoms with van der Waals surface area (Å²) in [5, 5.41) is -1.22. The summed E-state index contributed by atoms with van der Waals surface area (Å²) in [5.41, 5.74) is -1.45. The standard InChI is InChI=1S/C22H15Cl2F3N2O5S.C20H11Cl2F3N2O4S/c1-33-11-29(35(31,32)13-6-7-17(24)16(9-13)22(25,26)27)18-8-12(23)10-28-19(18)20-14-4-2-3-5-15(14)21(30)34-20;21-10-7-16(17(26-9-10)18-12-3-1-2-4-13(12)19(28)31-18)27-32(29,30)11-5-6-15(22)14(8-11)20(23,24)25/h2-10,20H,11H2,1H3;1-9,18,27H. The Kier molecular flexibility index (Phi) is 13.8. The maximum absolute atomic E-state index is 13.6. The molecule has 0 spiro atoms. The Morgan fingerprint density at radius 1 is 0.657 bits per heavy atom. The lowest BCUT2D eigenvalue weighted by Crippen LogP contribution is -2.34. The van der Waals surface area contributed by atoms with Gasteiger partial charge in [0.15, 0.2) is 12.2 Å². The first-order chi connectivity index (χ1) is 31.4. The number of carbonyl (C=O) groups excluding carboxylic acids is 2. The van der Waals surface area contributed by atoms with Crippen LogP contribution in [-0.4, -0.2) is 52.6 Å². The summed E-state index contributed by atoms with van der Waals surface area (Å²) < 4.78 is 151. The molecule has 0 radical (unpaired) electrons. The molecule has 25 heteroatoms. The Bertz CT molecular complexity index is 3180. The molecular formula is C42H26Cl4F6N4O9S2. The van der Waals surface area contributed by atoms with E-state index in [1.54, 1.807) is 48.5 Å². The average Bonchev–Trinajstić information content (AvgIpc) is 3.77. The third-order valence-electron chi connectivity index (χ3n) is 9.77. The molecule has 0 amide bonds. The molecule has 0 saturated heterocycles. The number of nitrogens with one attached hydrogen (secondary N) is 1. The molecule has 4 heterocycles. The van der Waals surface area contributed by atoms with E-state index in [0.717, 1.165) is 24.3 Å². The second-order valence-corrected chi connectivity index (χ2v) is 19.3. The molecule has 0 fully saturated rings. The molecule has 2 aliphatic heterocycles. The molecule has 2 unspecified atom stereocenters. The minimum atomic E-state index is -4.89. The molecule has 1 N–H and O–H groups in total. The van der Waals surface area contributed by atoms with E-state index in [9.17, 15) is 52.8 Å². The Labute approximate surface area is 396 Å². The summed E-state index contributed by atoms with van der Waals surface area (Å²) in [6, 6.07) is 19.8. The van der Waals surface area contributed by atoms with Crippen LogP contribution in [0.25, 0.3) is 0 Å². The van der Waals surface area contributed by atoms with E-state index < -0.39 is 94.2 Å². The topological polar surface area (TPSA) is 171 Å². The van der Waals surface area contributed by atoms with Gasteiger partial charge in [0.2, 0.25) is 0 Å². The van der Waals surface area contributed by atoms with E-state index in [2.05, 4.69) is 14.7 Å². The summed E-state index contributed by atoms with van der Waals surface area (Å²) >= 11 is 23.3. The molecule has 6 aromatic rings. The number of hydrogen-bond donors (Lipinski definition) is 1. The number of cyclic esters (lactones) is 2. The Balaban J connectivity index is 0.000000200. The Hall–Kier alpha value is -5.68. The van der Waals surface area contributed by atoms with Gasteiger partial charge in [-0.25, -0.2) is 30.7 Å². The van der Waals surface area contributed by atoms with Crippen LogP contribution >= 0.6 is 46.4 Å². The number of fused-ring (bicyclic) bond motifs is 2. The number of ether oxygens (including phenoxy) is 3. The van der Waals surface area contributed by atoms with Crippen molar-refractivity contribution in [1.29, 1.82) is 0 Å². The smallest absolute Gasteiger partial charge is 0.417 e. The monoisotopic (exact) mass is 1050 g/mol. The summed E-state index contributed by atoms with van der Waals surface area (Å²) in [4.78, 5) is 31.5. The van der Waals surface area contributed by atoms with Crippen molar-refractivity contribution in [2.24, 2.45) is 0 Å². The molecule has 0 bridgehead atoms. The second kappa shape index (κ2) is 18.8. The highest BCUT2D eigenvalue weighted by Gasteiger charge is 2.40. The summed E-state index contributed by atoms with van der Waals surface area (Å²) in [6.45, 7) is -0.607. The number of anilines is 2. The predicted molar refractivity (Wildman–Crippen MR) is 231 cm³/mol. The van der Waals surface area contributed by atoms with E-state index in [4.69, 9.17) is 60.6 Å². The molecule has 0 aliphatic carbocycles. The third-order valence-corrected chi connectivity index (χ3v) is 13.9. The lowest BCUT2D eigenvalue weighted by molar-refractivity contribution is -0.138. The van der Waals surface area contributed by atoms with Gasteiger partial charge in [0.25, 0.3) is 20.0 Å². The zero-order valence-electron chi connectivity index (χ0n) is 33.4. The van der Waals surface area contributed by atoms with E-state index in [-0.39, 0.29) is 43.9 Å². The molecule has 0 saturated carbocycles. The fourth-order valence-corrected chi connectivity index (χ4v) is 10.0. The minimum Gasteiger partial charge on any atom is -0.447 e. The number of carbonyl (C=O) groups is 2. The van der Waals surface area contributed by atoms with Gasteiger partial charge in [-0.1, -0.05) is 82.8 Å². The first-order valence-electron chi connectivity index (χ1n) is 18.6. The van der Waals surface area contributed by atoms with Crippen LogP contribution < -0.4 is 9.03 Å². The van der Waals surface area contributed by atoms with Crippen molar-refractivity contribution in [1.82, 2.24) is 9.97 Å². The van der Waals surface area contributed by atoms with Crippen molar-refractivity contribution < 1.29 is 67.0 Å². The van der Waals surface area contributed by atoms with Crippen molar-refractivity contribution in [3.63, 3.8) is 0 Å². The van der Waals surface area contributed by atoms with Crippen molar-refractivity contribution in [2.75, 3.05) is 22.9 Å². The SMILES string of the molecule is COCN(c1cc(Cl)cnc1C1OC(=O)c2ccccc21)S(=O)(=O)c1ccc(Cl)c(C(F)(F)F)c1.O=C1OC(c2ncc(Cl)cc2NS(=O)(=O)c2ccc(Cl)c(C(F)(F)F)c2)c2ccccc21. The maximum atomic E-state index is 13.6. The molecule has 2 atom stereocenters. The molecule has 350 valence electrons. The lowest BCUT2D eigenvalue weighted by atomic mass is 10.0. The Morgan fingerprint density at radius 2 is 1.12 bits per heavy atom. The summed E-state index contributed by atoms with van der Waals surface area (Å²) in [5.74, 6) is -1.26. The van der Waals surface area contributed by atoms with Gasteiger partial charge >= 0.3 is 24.3 Å². The number of pyridine rings is 2. The van der Waals surface area contributed by atoms with Crippen LogP contribution in [0, 0.1) is 0 Å². The van der Waals surface area contributed by atoms with Gasteiger partial charge in [-0.05, 0) is 60.7 Å². The molecule has 8 rings (SSSR count). The molecule has 2 aliphatic rings. The first kappa shape index (κ1) is 49.2. The van der Waals surface area contributed by atoms with Crippen molar-refractivity contribution in [3.8, 4) is 0 Å². The van der Waals surface area contributed by atoms with Gasteiger partial charge in [0, 0.05) is 30.6 Å². The highest BCUT2D eigenvalue weighted by Crippen LogP contribution is 2.43. The van der Waals surface area contributed by atoms with Crippen LogP contribution in [0.1, 0.15) is 66.6 Å². The molecule has 13 nitrogen and oxygen atoms in total. The van der Waals surface area contributed by atoms with Crippen LogP contribution in [0.2, 0.25) is 20.1 Å². The van der Waals surface area contributed by atoms with Gasteiger partial charge in [-0.2, -0.15) is 26.3 Å². The number of nitrogens with zero attached hydrogens (tertiary/aromatic N) is 3. The van der Waals surface area contributed by atoms with Gasteiger partial charge in [0.05, 0.1) is 63.5 Å². The first-order valence-corrected chi connectivity index (χ1v) is 23.0. The molecule has 4 aromatic carbocycles. The Morgan fingerprint density at radius 3 is 1.64 bits per heavy atom. The highest BCUT2D eigenvalue weighted by molar-refractivity contribution is 7.93. The number of esters is 2. The third kappa shape index (κ3) is 10.1. The average molecular weight is 1050 g/mol.